The van der Waals surface area contributed by atoms with Crippen LogP contribution in [-0.2, 0) is 4.74 Å². The van der Waals surface area contributed by atoms with Gasteiger partial charge in [0.2, 0.25) is 0 Å². The molecule has 1 aromatic rings. The first-order chi connectivity index (χ1) is 14.2. The zero-order valence-corrected chi connectivity index (χ0v) is 18.8. The largest absolute Gasteiger partial charge is 0.494 e. The molecular weight excluding hydrogens is 360 g/mol. The van der Waals surface area contributed by atoms with Gasteiger partial charge >= 0.3 is 5.97 Å². The molecule has 0 radical (unpaired) electrons. The third-order valence-electron chi connectivity index (χ3n) is 6.23. The highest BCUT2D eigenvalue weighted by molar-refractivity contribution is 5.89. The van der Waals surface area contributed by atoms with Crippen molar-refractivity contribution in [3.8, 4) is 5.75 Å². The van der Waals surface area contributed by atoms with Gasteiger partial charge in [0.05, 0.1) is 18.8 Å². The summed E-state index contributed by atoms with van der Waals surface area (Å²) in [6.45, 7) is 5.51. The molecule has 1 aromatic carbocycles. The smallest absolute Gasteiger partial charge is 0.338 e. The Kier molecular flexibility index (Phi) is 11.9. The first-order valence-electron chi connectivity index (χ1n) is 12.1. The molecule has 0 atom stereocenters. The highest BCUT2D eigenvalue weighted by Gasteiger charge is 2.20. The molecule has 0 unspecified atom stereocenters. The summed E-state index contributed by atoms with van der Waals surface area (Å²) < 4.78 is 11.0. The van der Waals surface area contributed by atoms with Gasteiger partial charge in [-0.15, -0.1) is 0 Å². The maximum Gasteiger partial charge on any atom is 0.338 e. The van der Waals surface area contributed by atoms with E-state index < -0.39 is 0 Å². The van der Waals surface area contributed by atoms with Crippen molar-refractivity contribution in [2.75, 3.05) is 13.2 Å². The summed E-state index contributed by atoms with van der Waals surface area (Å²) in [5.74, 6) is 2.47. The number of ether oxygens (including phenoxy) is 2. The lowest BCUT2D eigenvalue weighted by Crippen LogP contribution is -2.15. The second kappa shape index (κ2) is 14.5. The number of esters is 1. The minimum Gasteiger partial charge on any atom is -0.494 e. The lowest BCUT2D eigenvalue weighted by Gasteiger charge is -2.28. The van der Waals surface area contributed by atoms with Crippen LogP contribution in [-0.4, -0.2) is 19.2 Å². The normalized spacial score (nSPS) is 19.1. The van der Waals surface area contributed by atoms with Gasteiger partial charge in [-0.05, 0) is 55.4 Å². The molecule has 0 aliphatic heterocycles. The van der Waals surface area contributed by atoms with Gasteiger partial charge in [0.25, 0.3) is 0 Å². The summed E-state index contributed by atoms with van der Waals surface area (Å²) in [6.07, 6.45) is 17.5. The van der Waals surface area contributed by atoms with E-state index in [1.165, 1.54) is 70.6 Å². The van der Waals surface area contributed by atoms with Crippen LogP contribution in [0.5, 0.6) is 5.75 Å². The van der Waals surface area contributed by atoms with Crippen molar-refractivity contribution < 1.29 is 14.3 Å². The second-order valence-corrected chi connectivity index (χ2v) is 8.74. The number of unbranched alkanes of at least 4 members (excludes halogenated alkanes) is 4. The maximum atomic E-state index is 11.8. The van der Waals surface area contributed by atoms with E-state index in [0.29, 0.717) is 12.2 Å². The molecule has 0 bridgehead atoms. The number of carbonyl (C=O) groups is 1. The van der Waals surface area contributed by atoms with Crippen LogP contribution < -0.4 is 4.74 Å². The molecule has 1 aliphatic rings. The summed E-state index contributed by atoms with van der Waals surface area (Å²) in [5.41, 5.74) is 0.591. The van der Waals surface area contributed by atoms with Crippen molar-refractivity contribution in [2.24, 2.45) is 11.8 Å². The Hall–Kier alpha value is -1.51. The van der Waals surface area contributed by atoms with Gasteiger partial charge in [-0.1, -0.05) is 78.1 Å². The SMILES string of the molecule is CCCCCCC[C@H]1CC[C@H](CCCOc2ccc(C(=O)OCCC)cc2)CC1. The van der Waals surface area contributed by atoms with Crippen molar-refractivity contribution in [2.45, 2.75) is 97.3 Å². The topological polar surface area (TPSA) is 35.5 Å². The molecule has 0 aromatic heterocycles. The van der Waals surface area contributed by atoms with Crippen LogP contribution in [0.15, 0.2) is 24.3 Å². The molecule has 3 nitrogen and oxygen atoms in total. The van der Waals surface area contributed by atoms with E-state index >= 15 is 0 Å². The third-order valence-corrected chi connectivity index (χ3v) is 6.23. The molecule has 1 aliphatic carbocycles. The van der Waals surface area contributed by atoms with E-state index in [1.54, 1.807) is 12.1 Å². The van der Waals surface area contributed by atoms with E-state index in [0.717, 1.165) is 37.0 Å². The maximum absolute atomic E-state index is 11.8. The van der Waals surface area contributed by atoms with Gasteiger partial charge in [0.1, 0.15) is 5.75 Å². The average Bonchev–Trinajstić information content (AvgIpc) is 2.76. The van der Waals surface area contributed by atoms with E-state index in [9.17, 15) is 4.79 Å². The van der Waals surface area contributed by atoms with Gasteiger partial charge < -0.3 is 9.47 Å². The predicted molar refractivity (Wildman–Crippen MR) is 121 cm³/mol. The zero-order chi connectivity index (χ0) is 20.7. The lowest BCUT2D eigenvalue weighted by molar-refractivity contribution is 0.0505. The average molecular weight is 403 g/mol. The lowest BCUT2D eigenvalue weighted by atomic mass is 9.78. The number of carbonyl (C=O) groups excluding carboxylic acids is 1. The predicted octanol–water partition coefficient (Wildman–Crippen LogP) is 7.58. The Morgan fingerprint density at radius 3 is 2.03 bits per heavy atom. The zero-order valence-electron chi connectivity index (χ0n) is 18.8. The van der Waals surface area contributed by atoms with Crippen LogP contribution in [0.3, 0.4) is 0 Å². The second-order valence-electron chi connectivity index (χ2n) is 8.74. The first kappa shape index (κ1) is 23.8. The van der Waals surface area contributed by atoms with Crippen molar-refractivity contribution in [3.63, 3.8) is 0 Å². The molecule has 3 heteroatoms. The van der Waals surface area contributed by atoms with Crippen LogP contribution in [0.4, 0.5) is 0 Å². The Labute approximate surface area is 178 Å². The van der Waals surface area contributed by atoms with Gasteiger partial charge in [-0.25, -0.2) is 4.79 Å². The van der Waals surface area contributed by atoms with E-state index in [-0.39, 0.29) is 5.97 Å². The van der Waals surface area contributed by atoms with Crippen LogP contribution >= 0.6 is 0 Å². The summed E-state index contributed by atoms with van der Waals surface area (Å²) >= 11 is 0. The summed E-state index contributed by atoms with van der Waals surface area (Å²) in [5, 5.41) is 0. The van der Waals surface area contributed by atoms with E-state index in [1.807, 2.05) is 19.1 Å². The van der Waals surface area contributed by atoms with Gasteiger partial charge in [0, 0.05) is 0 Å². The first-order valence-corrected chi connectivity index (χ1v) is 12.1. The molecular formula is C26H42O3. The monoisotopic (exact) mass is 402 g/mol. The standard InChI is InChI=1S/C26H42O3/c1-3-5-6-7-8-10-22-12-14-23(15-13-22)11-9-21-28-25-18-16-24(17-19-25)26(27)29-20-4-2/h16-19,22-23H,3-15,20-21H2,1-2H3/t22-,23-. The molecule has 29 heavy (non-hydrogen) atoms. The van der Waals surface area contributed by atoms with E-state index in [2.05, 4.69) is 6.92 Å². The minimum atomic E-state index is -0.255. The number of rotatable bonds is 14. The van der Waals surface area contributed by atoms with Crippen LogP contribution in [0, 0.1) is 11.8 Å². The van der Waals surface area contributed by atoms with Crippen molar-refractivity contribution >= 4 is 5.97 Å². The molecule has 0 heterocycles. The highest BCUT2D eigenvalue weighted by atomic mass is 16.5. The van der Waals surface area contributed by atoms with E-state index in [4.69, 9.17) is 9.47 Å². The number of hydrogen-bond acceptors (Lipinski definition) is 3. The van der Waals surface area contributed by atoms with Crippen molar-refractivity contribution in [3.05, 3.63) is 29.8 Å². The third kappa shape index (κ3) is 9.69. The van der Waals surface area contributed by atoms with Gasteiger partial charge in [-0.3, -0.25) is 0 Å². The Bertz CT molecular complexity index is 544. The Morgan fingerprint density at radius 1 is 0.793 bits per heavy atom. The minimum absolute atomic E-state index is 0.255. The molecule has 0 N–H and O–H groups in total. The molecule has 2 rings (SSSR count). The summed E-state index contributed by atoms with van der Waals surface area (Å²) in [6, 6.07) is 7.32. The molecule has 0 saturated heterocycles. The number of hydrogen-bond donors (Lipinski definition) is 0. The molecule has 0 spiro atoms. The van der Waals surface area contributed by atoms with Gasteiger partial charge in [-0.2, -0.15) is 0 Å². The van der Waals surface area contributed by atoms with Crippen molar-refractivity contribution in [1.82, 2.24) is 0 Å². The van der Waals surface area contributed by atoms with Crippen LogP contribution in [0.25, 0.3) is 0 Å². The molecule has 164 valence electrons. The molecule has 1 fully saturated rings. The fourth-order valence-corrected chi connectivity index (χ4v) is 4.37. The molecule has 1 saturated carbocycles. The fraction of sp³-hybridized carbons (Fsp3) is 0.731. The number of benzene rings is 1. The Morgan fingerprint density at radius 2 is 1.41 bits per heavy atom. The fourth-order valence-electron chi connectivity index (χ4n) is 4.37. The molecule has 0 amide bonds. The summed E-state index contributed by atoms with van der Waals surface area (Å²) in [4.78, 5) is 11.8. The van der Waals surface area contributed by atoms with Crippen molar-refractivity contribution in [1.29, 1.82) is 0 Å². The highest BCUT2D eigenvalue weighted by Crippen LogP contribution is 2.34. The van der Waals surface area contributed by atoms with Crippen LogP contribution in [0.2, 0.25) is 0 Å². The Balaban J connectivity index is 1.53. The van der Waals surface area contributed by atoms with Crippen LogP contribution in [0.1, 0.15) is 108 Å². The van der Waals surface area contributed by atoms with Gasteiger partial charge in [0.15, 0.2) is 0 Å². The summed E-state index contributed by atoms with van der Waals surface area (Å²) in [7, 11) is 0. The quantitative estimate of drug-likeness (QED) is 0.238.